The summed E-state index contributed by atoms with van der Waals surface area (Å²) in [6, 6.07) is 2.33. The Morgan fingerprint density at radius 1 is 1.14 bits per heavy atom. The normalized spacial score (nSPS) is 17.8. The maximum absolute atomic E-state index is 13.6. The lowest BCUT2D eigenvalue weighted by Gasteiger charge is -2.35. The number of rotatable bonds is 5. The third-order valence-corrected chi connectivity index (χ3v) is 4.37. The van der Waals surface area contributed by atoms with Gasteiger partial charge in [-0.3, -0.25) is 4.90 Å². The van der Waals surface area contributed by atoms with Crippen molar-refractivity contribution in [2.24, 2.45) is 0 Å². The predicted molar refractivity (Wildman–Crippen MR) is 80.4 cm³/mol. The molecule has 7 heteroatoms. The van der Waals surface area contributed by atoms with Crippen LogP contribution in [0.3, 0.4) is 0 Å². The van der Waals surface area contributed by atoms with Crippen molar-refractivity contribution in [1.82, 2.24) is 10.2 Å². The Labute approximate surface area is 131 Å². The highest BCUT2D eigenvalue weighted by atomic mass is 79.9. The Bertz CT molecular complexity index is 457. The first-order valence-corrected chi connectivity index (χ1v) is 7.52. The smallest absolute Gasteiger partial charge is 0.258 e. The minimum absolute atomic E-state index is 0.491. The summed E-state index contributed by atoms with van der Waals surface area (Å²) in [5.41, 5.74) is 0.504. The number of hydrogen-bond donors (Lipinski definition) is 1. The molecule has 1 aliphatic heterocycles. The van der Waals surface area contributed by atoms with Crippen molar-refractivity contribution in [3.8, 4) is 11.5 Å². The predicted octanol–water partition coefficient (Wildman–Crippen LogP) is 2.68. The van der Waals surface area contributed by atoms with Gasteiger partial charge in [0.1, 0.15) is 16.0 Å². The summed E-state index contributed by atoms with van der Waals surface area (Å²) in [6.07, 6.45) is -2.47. The second-order valence-electron chi connectivity index (χ2n) is 4.80. The summed E-state index contributed by atoms with van der Waals surface area (Å²) in [5, 5.41) is 3.17. The zero-order valence-corrected chi connectivity index (χ0v) is 13.6. The first-order valence-electron chi connectivity index (χ1n) is 6.72. The molecule has 1 aromatic carbocycles. The molecule has 0 spiro atoms. The van der Waals surface area contributed by atoms with Gasteiger partial charge in [-0.15, -0.1) is 0 Å². The molecule has 118 valence electrons. The minimum atomic E-state index is -2.47. The number of methoxy groups -OCH3 is 2. The first-order chi connectivity index (χ1) is 10.1. The van der Waals surface area contributed by atoms with E-state index in [1.807, 2.05) is 0 Å². The Kier molecular flexibility index (Phi) is 5.78. The molecule has 4 nitrogen and oxygen atoms in total. The highest BCUT2D eigenvalue weighted by Crippen LogP contribution is 2.39. The van der Waals surface area contributed by atoms with Crippen molar-refractivity contribution >= 4 is 15.9 Å². The quantitative estimate of drug-likeness (QED) is 0.870. The molecule has 1 aliphatic rings. The van der Waals surface area contributed by atoms with Gasteiger partial charge in [-0.25, -0.2) is 8.78 Å². The average Bonchev–Trinajstić information content (AvgIpc) is 2.49. The molecule has 0 saturated carbocycles. The van der Waals surface area contributed by atoms with Gasteiger partial charge in [0, 0.05) is 26.2 Å². The fraction of sp³-hybridized carbons (Fsp3) is 0.571. The topological polar surface area (TPSA) is 33.7 Å². The maximum atomic E-state index is 13.6. The molecule has 21 heavy (non-hydrogen) atoms. The van der Waals surface area contributed by atoms with E-state index in [1.165, 1.54) is 14.2 Å². The van der Waals surface area contributed by atoms with E-state index in [-0.39, 0.29) is 0 Å². The standard InChI is InChI=1S/C14H19BrF2N2O2/c1-20-10-7-9(8-11(21-2)12(10)15)13(14(16)17)19-5-3-18-4-6-19/h7-8,13-14,18H,3-6H2,1-2H3/t13-/m0/s1. The molecule has 1 heterocycles. The van der Waals surface area contributed by atoms with Gasteiger partial charge >= 0.3 is 0 Å². The Morgan fingerprint density at radius 3 is 2.10 bits per heavy atom. The molecule has 0 amide bonds. The maximum Gasteiger partial charge on any atom is 0.258 e. The molecule has 1 atom stereocenters. The molecule has 0 aromatic heterocycles. The lowest BCUT2D eigenvalue weighted by Crippen LogP contribution is -2.46. The SMILES string of the molecule is COc1cc([C@@H](C(F)F)N2CCNCC2)cc(OC)c1Br. The Balaban J connectivity index is 2.39. The molecule has 0 bridgehead atoms. The van der Waals surface area contributed by atoms with Crippen LogP contribution >= 0.6 is 15.9 Å². The number of nitrogens with one attached hydrogen (secondary N) is 1. The number of ether oxygens (including phenoxy) is 2. The van der Waals surface area contributed by atoms with Gasteiger partial charge < -0.3 is 14.8 Å². The van der Waals surface area contributed by atoms with Gasteiger partial charge in [-0.1, -0.05) is 0 Å². The summed E-state index contributed by atoms with van der Waals surface area (Å²) in [5.74, 6) is 0.982. The number of halogens is 3. The number of alkyl halides is 2. The zero-order valence-electron chi connectivity index (χ0n) is 12.0. The number of piperazine rings is 1. The monoisotopic (exact) mass is 364 g/mol. The number of nitrogens with zero attached hydrogens (tertiary/aromatic N) is 1. The van der Waals surface area contributed by atoms with Crippen LogP contribution in [0.5, 0.6) is 11.5 Å². The molecule has 1 N–H and O–H groups in total. The van der Waals surface area contributed by atoms with Crippen LogP contribution in [-0.4, -0.2) is 51.7 Å². The van der Waals surface area contributed by atoms with Crippen molar-refractivity contribution < 1.29 is 18.3 Å². The molecule has 1 fully saturated rings. The third-order valence-electron chi connectivity index (χ3n) is 3.59. The summed E-state index contributed by atoms with van der Waals surface area (Å²) in [4.78, 5) is 1.79. The van der Waals surface area contributed by atoms with Crippen LogP contribution in [-0.2, 0) is 0 Å². The van der Waals surface area contributed by atoms with E-state index in [2.05, 4.69) is 21.2 Å². The fourth-order valence-electron chi connectivity index (χ4n) is 2.54. The molecule has 2 rings (SSSR count). The van der Waals surface area contributed by atoms with E-state index in [9.17, 15) is 8.78 Å². The molecule has 1 saturated heterocycles. The number of benzene rings is 1. The lowest BCUT2D eigenvalue weighted by atomic mass is 10.0. The van der Waals surface area contributed by atoms with E-state index < -0.39 is 12.5 Å². The van der Waals surface area contributed by atoms with Crippen LogP contribution in [0.1, 0.15) is 11.6 Å². The number of hydrogen-bond acceptors (Lipinski definition) is 4. The van der Waals surface area contributed by atoms with Crippen LogP contribution in [0, 0.1) is 0 Å². The largest absolute Gasteiger partial charge is 0.495 e. The van der Waals surface area contributed by atoms with Crippen LogP contribution in [0.15, 0.2) is 16.6 Å². The molecule has 1 aromatic rings. The third kappa shape index (κ3) is 3.64. The van der Waals surface area contributed by atoms with Crippen molar-refractivity contribution in [1.29, 1.82) is 0 Å². The summed E-state index contributed by atoms with van der Waals surface area (Å²) >= 11 is 3.36. The van der Waals surface area contributed by atoms with Crippen molar-refractivity contribution in [2.75, 3.05) is 40.4 Å². The molecular weight excluding hydrogens is 346 g/mol. The fourth-order valence-corrected chi connectivity index (χ4v) is 3.09. The summed E-state index contributed by atoms with van der Waals surface area (Å²) in [6.45, 7) is 2.62. The van der Waals surface area contributed by atoms with Gasteiger partial charge in [0.15, 0.2) is 0 Å². The lowest BCUT2D eigenvalue weighted by molar-refractivity contribution is 0.0180. The summed E-state index contributed by atoms with van der Waals surface area (Å²) < 4.78 is 38.3. The molecule has 0 radical (unpaired) electrons. The van der Waals surface area contributed by atoms with E-state index in [4.69, 9.17) is 9.47 Å². The van der Waals surface area contributed by atoms with Crippen molar-refractivity contribution in [3.05, 3.63) is 22.2 Å². The minimum Gasteiger partial charge on any atom is -0.495 e. The van der Waals surface area contributed by atoms with Crippen molar-refractivity contribution in [3.63, 3.8) is 0 Å². The second kappa shape index (κ2) is 7.38. The van der Waals surface area contributed by atoms with Gasteiger partial charge in [0.05, 0.1) is 20.3 Å². The average molecular weight is 365 g/mol. The van der Waals surface area contributed by atoms with Crippen LogP contribution in [0.4, 0.5) is 8.78 Å². The van der Waals surface area contributed by atoms with Gasteiger partial charge in [-0.05, 0) is 33.6 Å². The van der Waals surface area contributed by atoms with E-state index in [0.717, 1.165) is 0 Å². The van der Waals surface area contributed by atoms with Crippen LogP contribution < -0.4 is 14.8 Å². The van der Waals surface area contributed by atoms with E-state index in [0.29, 0.717) is 47.7 Å². The van der Waals surface area contributed by atoms with Gasteiger partial charge in [0.25, 0.3) is 6.43 Å². The Hall–Kier alpha value is -0.920. The van der Waals surface area contributed by atoms with Crippen LogP contribution in [0.25, 0.3) is 0 Å². The first kappa shape index (κ1) is 16.5. The zero-order chi connectivity index (χ0) is 15.4. The van der Waals surface area contributed by atoms with Gasteiger partial charge in [0.2, 0.25) is 0 Å². The molecule has 0 aliphatic carbocycles. The Morgan fingerprint density at radius 2 is 1.67 bits per heavy atom. The summed E-state index contributed by atoms with van der Waals surface area (Å²) in [7, 11) is 3.01. The molecular formula is C14H19BrF2N2O2. The molecule has 0 unspecified atom stereocenters. The van der Waals surface area contributed by atoms with Gasteiger partial charge in [-0.2, -0.15) is 0 Å². The highest BCUT2D eigenvalue weighted by molar-refractivity contribution is 9.10. The van der Waals surface area contributed by atoms with E-state index in [1.54, 1.807) is 17.0 Å². The van der Waals surface area contributed by atoms with Crippen LogP contribution in [0.2, 0.25) is 0 Å². The van der Waals surface area contributed by atoms with Crippen molar-refractivity contribution in [2.45, 2.75) is 12.5 Å². The van der Waals surface area contributed by atoms with E-state index >= 15 is 0 Å². The second-order valence-corrected chi connectivity index (χ2v) is 5.60. The highest BCUT2D eigenvalue weighted by Gasteiger charge is 2.31.